The summed E-state index contributed by atoms with van der Waals surface area (Å²) in [5, 5.41) is 3.92. The first kappa shape index (κ1) is 12.8. The molecule has 0 unspecified atom stereocenters. The molecule has 0 saturated heterocycles. The number of hydrogen-bond donors (Lipinski definition) is 1. The lowest BCUT2D eigenvalue weighted by Gasteiger charge is -2.03. The number of carbonyl (C=O) groups is 1. The summed E-state index contributed by atoms with van der Waals surface area (Å²) in [6, 6.07) is 14.3. The van der Waals surface area contributed by atoms with Crippen molar-refractivity contribution in [2.75, 3.05) is 0 Å². The van der Waals surface area contributed by atoms with Crippen LogP contribution in [0, 0.1) is 0 Å². The van der Waals surface area contributed by atoms with Crippen LogP contribution in [0.15, 0.2) is 59.8 Å². The van der Waals surface area contributed by atoms with Crippen LogP contribution >= 0.6 is 0 Å². The van der Waals surface area contributed by atoms with Crippen LogP contribution in [0.5, 0.6) is 5.75 Å². The molecule has 1 amide bonds. The van der Waals surface area contributed by atoms with Crippen molar-refractivity contribution in [2.24, 2.45) is 5.10 Å². The van der Waals surface area contributed by atoms with Gasteiger partial charge in [0.1, 0.15) is 5.75 Å². The van der Waals surface area contributed by atoms with Crippen molar-refractivity contribution < 1.29 is 9.53 Å². The number of para-hydroxylation sites is 1. The molecule has 0 saturated carbocycles. The van der Waals surface area contributed by atoms with Gasteiger partial charge in [0, 0.05) is 6.20 Å². The molecule has 0 bridgehead atoms. The van der Waals surface area contributed by atoms with Gasteiger partial charge in [0.2, 0.25) is 0 Å². The molecular weight excluding hydrogens is 242 g/mol. The minimum atomic E-state index is -0.638. The molecular formula is C14H13N3O2. The molecule has 1 aromatic carbocycles. The van der Waals surface area contributed by atoms with Crippen molar-refractivity contribution >= 4 is 11.8 Å². The van der Waals surface area contributed by atoms with E-state index in [1.807, 2.05) is 24.3 Å². The number of aromatic nitrogens is 1. The minimum absolute atomic E-state index is 0.464. The van der Waals surface area contributed by atoms with Gasteiger partial charge in [0.15, 0.2) is 0 Å². The molecule has 1 aromatic heterocycles. The summed E-state index contributed by atoms with van der Waals surface area (Å²) in [6.45, 7) is 1.76. The average Bonchev–Trinajstić information content (AvgIpc) is 2.47. The standard InChI is InChI=1S/C14H13N3O2/c1-11(13-9-5-6-10-15-13)16-17-14(18)19-12-7-3-2-4-8-12/h2-10H,1H3,(H,17,18)/b16-11+. The Bertz CT molecular complexity index is 568. The molecule has 1 N–H and O–H groups in total. The maximum absolute atomic E-state index is 11.5. The summed E-state index contributed by atoms with van der Waals surface area (Å²) in [6.07, 6.45) is 1.03. The number of hydrogen-bond acceptors (Lipinski definition) is 4. The van der Waals surface area contributed by atoms with E-state index in [4.69, 9.17) is 4.74 Å². The van der Waals surface area contributed by atoms with Gasteiger partial charge in [0.25, 0.3) is 0 Å². The molecule has 0 aliphatic rings. The molecule has 0 atom stereocenters. The highest BCUT2D eigenvalue weighted by Gasteiger charge is 2.03. The van der Waals surface area contributed by atoms with Crippen LogP contribution in [-0.4, -0.2) is 16.8 Å². The lowest BCUT2D eigenvalue weighted by Crippen LogP contribution is -2.23. The van der Waals surface area contributed by atoms with Crippen LogP contribution in [0.3, 0.4) is 0 Å². The van der Waals surface area contributed by atoms with Crippen LogP contribution in [0.4, 0.5) is 4.79 Å². The van der Waals surface area contributed by atoms with Gasteiger partial charge in [-0.05, 0) is 31.2 Å². The van der Waals surface area contributed by atoms with E-state index < -0.39 is 6.09 Å². The van der Waals surface area contributed by atoms with Crippen molar-refractivity contribution in [1.29, 1.82) is 0 Å². The molecule has 5 nitrogen and oxygen atoms in total. The SMILES string of the molecule is C/C(=N\NC(=O)Oc1ccccc1)c1ccccn1. The fourth-order valence-corrected chi connectivity index (χ4v) is 1.38. The number of nitrogens with one attached hydrogen (secondary N) is 1. The van der Waals surface area contributed by atoms with E-state index in [9.17, 15) is 4.79 Å². The van der Waals surface area contributed by atoms with Crippen molar-refractivity contribution in [2.45, 2.75) is 6.92 Å². The third kappa shape index (κ3) is 3.92. The summed E-state index contributed by atoms with van der Waals surface area (Å²) in [5.41, 5.74) is 3.62. The van der Waals surface area contributed by atoms with Crippen molar-refractivity contribution in [1.82, 2.24) is 10.4 Å². The number of rotatable bonds is 3. The Morgan fingerprint density at radius 3 is 2.58 bits per heavy atom. The minimum Gasteiger partial charge on any atom is -0.409 e. The molecule has 0 fully saturated rings. The Labute approximate surface area is 110 Å². The zero-order valence-electron chi connectivity index (χ0n) is 10.4. The predicted octanol–water partition coefficient (Wildman–Crippen LogP) is 2.59. The smallest absolute Gasteiger partial charge is 0.409 e. The first-order chi connectivity index (χ1) is 9.25. The largest absolute Gasteiger partial charge is 0.433 e. The molecule has 0 aliphatic heterocycles. The maximum Gasteiger partial charge on any atom is 0.433 e. The van der Waals surface area contributed by atoms with Gasteiger partial charge in [-0.2, -0.15) is 5.10 Å². The summed E-state index contributed by atoms with van der Waals surface area (Å²) in [5.74, 6) is 0.464. The van der Waals surface area contributed by atoms with Gasteiger partial charge in [-0.3, -0.25) is 4.98 Å². The molecule has 0 radical (unpaired) electrons. The molecule has 19 heavy (non-hydrogen) atoms. The molecule has 0 spiro atoms. The number of pyridine rings is 1. The summed E-state index contributed by atoms with van der Waals surface area (Å²) in [7, 11) is 0. The molecule has 96 valence electrons. The van der Waals surface area contributed by atoms with Gasteiger partial charge in [0.05, 0.1) is 11.4 Å². The normalized spacial score (nSPS) is 10.9. The van der Waals surface area contributed by atoms with E-state index in [1.165, 1.54) is 0 Å². The van der Waals surface area contributed by atoms with Gasteiger partial charge in [-0.1, -0.05) is 24.3 Å². The van der Waals surface area contributed by atoms with E-state index in [2.05, 4.69) is 15.5 Å². The maximum atomic E-state index is 11.5. The fraction of sp³-hybridized carbons (Fsp3) is 0.0714. The number of benzene rings is 1. The molecule has 1 heterocycles. The monoisotopic (exact) mass is 255 g/mol. The second-order valence-corrected chi connectivity index (χ2v) is 3.73. The van der Waals surface area contributed by atoms with Gasteiger partial charge < -0.3 is 4.74 Å². The average molecular weight is 255 g/mol. The quantitative estimate of drug-likeness (QED) is 0.677. The molecule has 0 aliphatic carbocycles. The van der Waals surface area contributed by atoms with Gasteiger partial charge in [-0.25, -0.2) is 10.2 Å². The van der Waals surface area contributed by atoms with Crippen molar-refractivity contribution in [3.63, 3.8) is 0 Å². The molecule has 2 rings (SSSR count). The third-order valence-corrected chi connectivity index (χ3v) is 2.30. The number of amides is 1. The third-order valence-electron chi connectivity index (χ3n) is 2.30. The van der Waals surface area contributed by atoms with Crippen molar-refractivity contribution in [3.8, 4) is 5.75 Å². The van der Waals surface area contributed by atoms with E-state index in [0.717, 1.165) is 0 Å². The van der Waals surface area contributed by atoms with Crippen LogP contribution in [0.25, 0.3) is 0 Å². The molecule has 2 aromatic rings. The second-order valence-electron chi connectivity index (χ2n) is 3.73. The van der Waals surface area contributed by atoms with Gasteiger partial charge in [-0.15, -0.1) is 0 Å². The fourth-order valence-electron chi connectivity index (χ4n) is 1.38. The Balaban J connectivity index is 1.93. The lowest BCUT2D eigenvalue weighted by atomic mass is 10.3. The first-order valence-electron chi connectivity index (χ1n) is 5.74. The Hall–Kier alpha value is -2.69. The van der Waals surface area contributed by atoms with Gasteiger partial charge >= 0.3 is 6.09 Å². The lowest BCUT2D eigenvalue weighted by molar-refractivity contribution is 0.201. The van der Waals surface area contributed by atoms with E-state index in [1.54, 1.807) is 37.4 Å². The summed E-state index contributed by atoms with van der Waals surface area (Å²) in [4.78, 5) is 15.6. The van der Waals surface area contributed by atoms with E-state index in [0.29, 0.717) is 17.2 Å². The summed E-state index contributed by atoms with van der Waals surface area (Å²) >= 11 is 0. The zero-order valence-corrected chi connectivity index (χ0v) is 10.4. The Morgan fingerprint density at radius 1 is 1.16 bits per heavy atom. The zero-order chi connectivity index (χ0) is 13.5. The highest BCUT2D eigenvalue weighted by molar-refractivity contribution is 5.97. The predicted molar refractivity (Wildman–Crippen MR) is 72.0 cm³/mol. The van der Waals surface area contributed by atoms with Crippen LogP contribution < -0.4 is 10.2 Å². The second kappa shape index (κ2) is 6.30. The summed E-state index contributed by atoms with van der Waals surface area (Å²) < 4.78 is 5.02. The number of hydrazone groups is 1. The Morgan fingerprint density at radius 2 is 1.89 bits per heavy atom. The first-order valence-corrected chi connectivity index (χ1v) is 5.74. The topological polar surface area (TPSA) is 63.6 Å². The Kier molecular flexibility index (Phi) is 4.23. The molecule has 5 heteroatoms. The van der Waals surface area contributed by atoms with Crippen LogP contribution in [0.1, 0.15) is 12.6 Å². The highest BCUT2D eigenvalue weighted by atomic mass is 16.6. The van der Waals surface area contributed by atoms with Crippen molar-refractivity contribution in [3.05, 3.63) is 60.4 Å². The highest BCUT2D eigenvalue weighted by Crippen LogP contribution is 2.08. The van der Waals surface area contributed by atoms with Crippen LogP contribution in [-0.2, 0) is 0 Å². The van der Waals surface area contributed by atoms with Crippen LogP contribution in [0.2, 0.25) is 0 Å². The number of nitrogens with zero attached hydrogens (tertiary/aromatic N) is 2. The number of ether oxygens (including phenoxy) is 1. The number of carbonyl (C=O) groups excluding carboxylic acids is 1. The van der Waals surface area contributed by atoms with E-state index >= 15 is 0 Å². The van der Waals surface area contributed by atoms with E-state index in [-0.39, 0.29) is 0 Å².